The molecule has 1 aromatic heterocycles. The molecule has 17 heavy (non-hydrogen) atoms. The Morgan fingerprint density at radius 2 is 1.94 bits per heavy atom. The average molecular weight is 228 g/mol. The molecule has 1 aromatic carbocycles. The lowest BCUT2D eigenvalue weighted by Crippen LogP contribution is -2.14. The highest BCUT2D eigenvalue weighted by molar-refractivity contribution is 5.76. The van der Waals surface area contributed by atoms with Gasteiger partial charge in [-0.15, -0.1) is 0 Å². The van der Waals surface area contributed by atoms with Crippen LogP contribution >= 0.6 is 0 Å². The van der Waals surface area contributed by atoms with E-state index in [1.165, 1.54) is 24.2 Å². The minimum Gasteiger partial charge on any atom is -0.325 e. The molecule has 0 unspecified atom stereocenters. The van der Waals surface area contributed by atoms with Gasteiger partial charge in [0, 0.05) is 12.5 Å². The maximum absolute atomic E-state index is 4.82. The first-order valence-electron chi connectivity index (χ1n) is 6.50. The smallest absolute Gasteiger partial charge is 0.110 e. The van der Waals surface area contributed by atoms with Crippen LogP contribution in [0.3, 0.4) is 0 Å². The van der Waals surface area contributed by atoms with Gasteiger partial charge >= 0.3 is 0 Å². The van der Waals surface area contributed by atoms with E-state index in [2.05, 4.69) is 49.6 Å². The maximum atomic E-state index is 4.82. The number of fused-ring (bicyclic) bond motifs is 1. The summed E-state index contributed by atoms with van der Waals surface area (Å²) < 4.78 is 2.47. The topological polar surface area (TPSA) is 17.8 Å². The van der Waals surface area contributed by atoms with Gasteiger partial charge in [-0.25, -0.2) is 4.98 Å². The Balaban J connectivity index is 2.13. The SMILES string of the molecule is CC(C)(C)Cc1nc2ccccc2n1C1CC1. The number of para-hydroxylation sites is 2. The van der Waals surface area contributed by atoms with Crippen LogP contribution in [0.15, 0.2) is 24.3 Å². The van der Waals surface area contributed by atoms with Crippen molar-refractivity contribution < 1.29 is 0 Å². The average Bonchev–Trinajstić information content (AvgIpc) is 2.98. The minimum atomic E-state index is 0.300. The molecule has 2 heteroatoms. The van der Waals surface area contributed by atoms with E-state index in [4.69, 9.17) is 4.98 Å². The lowest BCUT2D eigenvalue weighted by atomic mass is 9.92. The molecule has 1 aliphatic rings. The Morgan fingerprint density at radius 1 is 1.24 bits per heavy atom. The van der Waals surface area contributed by atoms with E-state index in [0.717, 1.165) is 11.9 Å². The lowest BCUT2D eigenvalue weighted by Gasteiger charge is -2.18. The van der Waals surface area contributed by atoms with Gasteiger partial charge in [0.25, 0.3) is 0 Å². The molecule has 1 aliphatic carbocycles. The van der Waals surface area contributed by atoms with Crippen molar-refractivity contribution in [1.82, 2.24) is 9.55 Å². The van der Waals surface area contributed by atoms with Crippen LogP contribution in [-0.4, -0.2) is 9.55 Å². The van der Waals surface area contributed by atoms with E-state index >= 15 is 0 Å². The van der Waals surface area contributed by atoms with Gasteiger partial charge in [0.15, 0.2) is 0 Å². The largest absolute Gasteiger partial charge is 0.325 e. The summed E-state index contributed by atoms with van der Waals surface area (Å²) in [6.07, 6.45) is 3.69. The monoisotopic (exact) mass is 228 g/mol. The molecule has 1 heterocycles. The zero-order chi connectivity index (χ0) is 12.0. The van der Waals surface area contributed by atoms with Gasteiger partial charge in [-0.1, -0.05) is 32.9 Å². The second-order valence-corrected chi connectivity index (χ2v) is 6.36. The standard InChI is InChI=1S/C15H20N2/c1-15(2,3)10-14-16-12-6-4-5-7-13(12)17(14)11-8-9-11/h4-7,11H,8-10H2,1-3H3. The summed E-state index contributed by atoms with van der Waals surface area (Å²) in [6, 6.07) is 9.23. The van der Waals surface area contributed by atoms with E-state index in [1.54, 1.807) is 0 Å². The number of hydrogen-bond donors (Lipinski definition) is 0. The van der Waals surface area contributed by atoms with Crippen molar-refractivity contribution in [3.05, 3.63) is 30.1 Å². The molecule has 0 radical (unpaired) electrons. The second-order valence-electron chi connectivity index (χ2n) is 6.36. The Morgan fingerprint density at radius 3 is 2.59 bits per heavy atom. The zero-order valence-corrected chi connectivity index (χ0v) is 10.9. The van der Waals surface area contributed by atoms with Crippen LogP contribution in [0.2, 0.25) is 0 Å². The summed E-state index contributed by atoms with van der Waals surface area (Å²) in [7, 11) is 0. The van der Waals surface area contributed by atoms with Gasteiger partial charge < -0.3 is 4.57 Å². The van der Waals surface area contributed by atoms with Crippen molar-refractivity contribution in [2.24, 2.45) is 5.41 Å². The molecule has 1 saturated carbocycles. The molecule has 0 spiro atoms. The van der Waals surface area contributed by atoms with Crippen molar-refractivity contribution in [2.75, 3.05) is 0 Å². The maximum Gasteiger partial charge on any atom is 0.110 e. The third-order valence-corrected chi connectivity index (χ3v) is 3.27. The molecule has 0 amide bonds. The van der Waals surface area contributed by atoms with Crippen molar-refractivity contribution in [1.29, 1.82) is 0 Å². The molecule has 3 rings (SSSR count). The van der Waals surface area contributed by atoms with Crippen LogP contribution in [0.1, 0.15) is 45.5 Å². The van der Waals surface area contributed by atoms with Crippen LogP contribution in [0.4, 0.5) is 0 Å². The third kappa shape index (κ3) is 2.08. The molecule has 0 N–H and O–H groups in total. The number of benzene rings is 1. The van der Waals surface area contributed by atoms with Gasteiger partial charge in [-0.2, -0.15) is 0 Å². The van der Waals surface area contributed by atoms with Crippen LogP contribution in [-0.2, 0) is 6.42 Å². The first-order valence-corrected chi connectivity index (χ1v) is 6.50. The highest BCUT2D eigenvalue weighted by Gasteiger charge is 2.29. The normalized spacial score (nSPS) is 16.6. The Bertz CT molecular complexity index is 542. The molecule has 0 saturated heterocycles. The van der Waals surface area contributed by atoms with Crippen molar-refractivity contribution in [2.45, 2.75) is 46.1 Å². The quantitative estimate of drug-likeness (QED) is 0.760. The Labute approximate surface area is 103 Å². The fraction of sp³-hybridized carbons (Fsp3) is 0.533. The van der Waals surface area contributed by atoms with E-state index in [9.17, 15) is 0 Å². The summed E-state index contributed by atoms with van der Waals surface area (Å²) in [5.41, 5.74) is 2.77. The predicted molar refractivity (Wildman–Crippen MR) is 71.2 cm³/mol. The van der Waals surface area contributed by atoms with Gasteiger partial charge in [0.1, 0.15) is 5.82 Å². The van der Waals surface area contributed by atoms with Gasteiger partial charge in [-0.3, -0.25) is 0 Å². The molecule has 0 aliphatic heterocycles. The van der Waals surface area contributed by atoms with E-state index < -0.39 is 0 Å². The Kier molecular flexibility index (Phi) is 2.29. The van der Waals surface area contributed by atoms with Crippen LogP contribution < -0.4 is 0 Å². The summed E-state index contributed by atoms with van der Waals surface area (Å²) in [5, 5.41) is 0. The predicted octanol–water partition coefficient (Wildman–Crippen LogP) is 3.96. The summed E-state index contributed by atoms with van der Waals surface area (Å²) in [5.74, 6) is 1.27. The van der Waals surface area contributed by atoms with Gasteiger partial charge in [0.2, 0.25) is 0 Å². The number of rotatable bonds is 2. The first-order chi connectivity index (χ1) is 8.04. The van der Waals surface area contributed by atoms with Crippen molar-refractivity contribution >= 4 is 11.0 Å². The van der Waals surface area contributed by atoms with Gasteiger partial charge in [-0.05, 0) is 30.4 Å². The summed E-state index contributed by atoms with van der Waals surface area (Å²) in [6.45, 7) is 6.84. The molecular weight excluding hydrogens is 208 g/mol. The fourth-order valence-electron chi connectivity index (χ4n) is 2.43. The number of nitrogens with zero attached hydrogens (tertiary/aromatic N) is 2. The molecule has 2 nitrogen and oxygen atoms in total. The first kappa shape index (κ1) is 10.8. The van der Waals surface area contributed by atoms with Crippen LogP contribution in [0, 0.1) is 5.41 Å². The minimum absolute atomic E-state index is 0.300. The van der Waals surface area contributed by atoms with Crippen molar-refractivity contribution in [3.63, 3.8) is 0 Å². The second kappa shape index (κ2) is 3.59. The molecule has 0 atom stereocenters. The van der Waals surface area contributed by atoms with E-state index in [0.29, 0.717) is 11.5 Å². The zero-order valence-electron chi connectivity index (χ0n) is 10.9. The van der Waals surface area contributed by atoms with Gasteiger partial charge in [0.05, 0.1) is 11.0 Å². The molecule has 0 bridgehead atoms. The summed E-state index contributed by atoms with van der Waals surface area (Å²) >= 11 is 0. The summed E-state index contributed by atoms with van der Waals surface area (Å²) in [4.78, 5) is 4.82. The molecule has 90 valence electrons. The lowest BCUT2D eigenvalue weighted by molar-refractivity contribution is 0.393. The van der Waals surface area contributed by atoms with Crippen LogP contribution in [0.25, 0.3) is 11.0 Å². The molecule has 1 fully saturated rings. The highest BCUT2D eigenvalue weighted by atomic mass is 15.1. The van der Waals surface area contributed by atoms with Crippen molar-refractivity contribution in [3.8, 4) is 0 Å². The fourth-order valence-corrected chi connectivity index (χ4v) is 2.43. The number of aromatic nitrogens is 2. The number of hydrogen-bond acceptors (Lipinski definition) is 1. The van der Waals surface area contributed by atoms with E-state index in [1.807, 2.05) is 0 Å². The highest BCUT2D eigenvalue weighted by Crippen LogP contribution is 2.39. The molecular formula is C15H20N2. The Hall–Kier alpha value is -1.31. The van der Waals surface area contributed by atoms with Crippen LogP contribution in [0.5, 0.6) is 0 Å². The molecule has 2 aromatic rings. The third-order valence-electron chi connectivity index (χ3n) is 3.27. The number of imidazole rings is 1. The van der Waals surface area contributed by atoms with E-state index in [-0.39, 0.29) is 0 Å².